The van der Waals surface area contributed by atoms with Crippen LogP contribution in [-0.4, -0.2) is 35.5 Å². The van der Waals surface area contributed by atoms with Crippen molar-refractivity contribution < 1.29 is 4.79 Å². The lowest BCUT2D eigenvalue weighted by atomic mass is 10.1. The zero-order valence-corrected chi connectivity index (χ0v) is 15.0. The predicted octanol–water partition coefficient (Wildman–Crippen LogP) is 3.21. The molecule has 0 aliphatic carbocycles. The highest BCUT2D eigenvalue weighted by molar-refractivity contribution is 5.95. The first-order valence-electron chi connectivity index (χ1n) is 9.50. The van der Waals surface area contributed by atoms with E-state index in [4.69, 9.17) is 0 Å². The van der Waals surface area contributed by atoms with E-state index in [9.17, 15) is 4.79 Å². The van der Waals surface area contributed by atoms with Gasteiger partial charge in [0.2, 0.25) is 5.91 Å². The lowest BCUT2D eigenvalue weighted by molar-refractivity contribution is -0.117. The number of nitrogens with zero attached hydrogens (tertiary/aromatic N) is 4. The maximum Gasteiger partial charge on any atom is 0.227 e. The predicted molar refractivity (Wildman–Crippen MR) is 103 cm³/mol. The SMILES string of the molecule is O=C1CCCN1c1ccc(CNc2cc(N3CCCCC3)ncn2)cc1. The Balaban J connectivity index is 1.37. The van der Waals surface area contributed by atoms with E-state index in [1.54, 1.807) is 6.33 Å². The molecule has 0 radical (unpaired) electrons. The molecule has 1 aromatic heterocycles. The zero-order valence-electron chi connectivity index (χ0n) is 15.0. The van der Waals surface area contributed by atoms with E-state index >= 15 is 0 Å². The van der Waals surface area contributed by atoms with Crippen LogP contribution in [0.25, 0.3) is 0 Å². The van der Waals surface area contributed by atoms with E-state index < -0.39 is 0 Å². The molecule has 0 unspecified atom stereocenters. The van der Waals surface area contributed by atoms with Crippen molar-refractivity contribution in [3.05, 3.63) is 42.2 Å². The topological polar surface area (TPSA) is 61.4 Å². The Hall–Kier alpha value is -2.63. The summed E-state index contributed by atoms with van der Waals surface area (Å²) in [7, 11) is 0. The van der Waals surface area contributed by atoms with Gasteiger partial charge in [-0.25, -0.2) is 9.97 Å². The maximum absolute atomic E-state index is 11.8. The molecular weight excluding hydrogens is 326 g/mol. The molecule has 2 fully saturated rings. The summed E-state index contributed by atoms with van der Waals surface area (Å²) in [5, 5.41) is 3.38. The van der Waals surface area contributed by atoms with E-state index in [0.29, 0.717) is 13.0 Å². The molecule has 2 aliphatic heterocycles. The van der Waals surface area contributed by atoms with Crippen molar-refractivity contribution in [2.24, 2.45) is 0 Å². The first-order valence-corrected chi connectivity index (χ1v) is 9.50. The summed E-state index contributed by atoms with van der Waals surface area (Å²) in [5.74, 6) is 2.08. The van der Waals surface area contributed by atoms with Crippen LogP contribution in [0.5, 0.6) is 0 Å². The number of piperidine rings is 1. The number of amides is 1. The molecule has 0 spiro atoms. The van der Waals surface area contributed by atoms with Crippen LogP contribution in [0, 0.1) is 0 Å². The van der Waals surface area contributed by atoms with Gasteiger partial charge in [-0.05, 0) is 43.4 Å². The Morgan fingerprint density at radius 1 is 0.962 bits per heavy atom. The molecule has 2 aliphatic rings. The van der Waals surface area contributed by atoms with E-state index in [1.807, 2.05) is 23.1 Å². The van der Waals surface area contributed by atoms with Gasteiger partial charge in [0.05, 0.1) is 0 Å². The molecule has 0 bridgehead atoms. The van der Waals surface area contributed by atoms with Crippen LogP contribution < -0.4 is 15.1 Å². The number of nitrogens with one attached hydrogen (secondary N) is 1. The van der Waals surface area contributed by atoms with Crippen LogP contribution >= 0.6 is 0 Å². The van der Waals surface area contributed by atoms with Crippen LogP contribution in [0.4, 0.5) is 17.3 Å². The first-order chi connectivity index (χ1) is 12.8. The van der Waals surface area contributed by atoms with Crippen molar-refractivity contribution in [1.29, 1.82) is 0 Å². The molecule has 1 amide bonds. The van der Waals surface area contributed by atoms with Gasteiger partial charge in [0.15, 0.2) is 0 Å². The van der Waals surface area contributed by atoms with Crippen molar-refractivity contribution in [1.82, 2.24) is 9.97 Å². The molecule has 26 heavy (non-hydrogen) atoms. The standard InChI is InChI=1S/C20H25N5O/c26-20-5-4-12-25(20)17-8-6-16(7-9-17)14-21-18-13-19(23-15-22-18)24-10-2-1-3-11-24/h6-9,13,15H,1-5,10-12,14H2,(H,21,22,23). The van der Waals surface area contributed by atoms with Gasteiger partial charge in [0, 0.05) is 44.4 Å². The van der Waals surface area contributed by atoms with Gasteiger partial charge in [0.25, 0.3) is 0 Å². The lowest BCUT2D eigenvalue weighted by Gasteiger charge is -2.27. The third-order valence-electron chi connectivity index (χ3n) is 5.13. The molecule has 6 heteroatoms. The van der Waals surface area contributed by atoms with Crippen LogP contribution in [0.3, 0.4) is 0 Å². The molecule has 136 valence electrons. The fraction of sp³-hybridized carbons (Fsp3) is 0.450. The summed E-state index contributed by atoms with van der Waals surface area (Å²) >= 11 is 0. The third-order valence-corrected chi connectivity index (χ3v) is 5.13. The Labute approximate surface area is 154 Å². The summed E-state index contributed by atoms with van der Waals surface area (Å²) < 4.78 is 0. The van der Waals surface area contributed by atoms with Gasteiger partial charge in [-0.1, -0.05) is 12.1 Å². The van der Waals surface area contributed by atoms with Crippen molar-refractivity contribution in [3.63, 3.8) is 0 Å². The number of rotatable bonds is 5. The first kappa shape index (κ1) is 16.8. The molecule has 4 rings (SSSR count). The number of anilines is 3. The van der Waals surface area contributed by atoms with Gasteiger partial charge in [-0.2, -0.15) is 0 Å². The summed E-state index contributed by atoms with van der Waals surface area (Å²) in [6.45, 7) is 3.68. The fourth-order valence-electron chi connectivity index (χ4n) is 3.65. The van der Waals surface area contributed by atoms with Gasteiger partial charge in [-0.3, -0.25) is 4.79 Å². The van der Waals surface area contributed by atoms with Crippen LogP contribution in [0.2, 0.25) is 0 Å². The number of benzene rings is 1. The highest BCUT2D eigenvalue weighted by atomic mass is 16.2. The van der Waals surface area contributed by atoms with Crippen molar-refractivity contribution in [2.75, 3.05) is 34.8 Å². The second kappa shape index (κ2) is 7.72. The average Bonchev–Trinajstić information content (AvgIpc) is 3.14. The number of carbonyl (C=O) groups is 1. The second-order valence-electron chi connectivity index (χ2n) is 6.98. The zero-order chi connectivity index (χ0) is 17.8. The number of hydrogen-bond acceptors (Lipinski definition) is 5. The van der Waals surface area contributed by atoms with E-state index in [0.717, 1.165) is 43.4 Å². The van der Waals surface area contributed by atoms with Crippen molar-refractivity contribution in [2.45, 2.75) is 38.6 Å². The number of carbonyl (C=O) groups excluding carboxylic acids is 1. The molecule has 1 aromatic carbocycles. The number of hydrogen-bond donors (Lipinski definition) is 1. The molecule has 3 heterocycles. The van der Waals surface area contributed by atoms with Gasteiger partial charge in [0.1, 0.15) is 18.0 Å². The van der Waals surface area contributed by atoms with E-state index in [2.05, 4.69) is 32.3 Å². The average molecular weight is 351 g/mol. The van der Waals surface area contributed by atoms with Gasteiger partial charge < -0.3 is 15.1 Å². The van der Waals surface area contributed by atoms with Crippen molar-refractivity contribution in [3.8, 4) is 0 Å². The summed E-state index contributed by atoms with van der Waals surface area (Å²) in [5.41, 5.74) is 2.16. The molecule has 0 saturated carbocycles. The van der Waals surface area contributed by atoms with Crippen LogP contribution in [0.15, 0.2) is 36.7 Å². The minimum Gasteiger partial charge on any atom is -0.366 e. The third kappa shape index (κ3) is 3.79. The smallest absolute Gasteiger partial charge is 0.227 e. The Kier molecular flexibility index (Phi) is 5.00. The lowest BCUT2D eigenvalue weighted by Crippen LogP contribution is -2.30. The molecule has 2 aromatic rings. The molecule has 1 N–H and O–H groups in total. The monoisotopic (exact) mass is 351 g/mol. The molecular formula is C20H25N5O. The largest absolute Gasteiger partial charge is 0.366 e. The Morgan fingerprint density at radius 3 is 2.50 bits per heavy atom. The van der Waals surface area contributed by atoms with Gasteiger partial charge in [-0.15, -0.1) is 0 Å². The fourth-order valence-corrected chi connectivity index (χ4v) is 3.65. The van der Waals surface area contributed by atoms with E-state index in [1.165, 1.54) is 24.8 Å². The Bertz CT molecular complexity index is 755. The van der Waals surface area contributed by atoms with Crippen LogP contribution in [0.1, 0.15) is 37.7 Å². The number of aromatic nitrogens is 2. The minimum atomic E-state index is 0.224. The Morgan fingerprint density at radius 2 is 1.77 bits per heavy atom. The molecule has 2 saturated heterocycles. The van der Waals surface area contributed by atoms with Gasteiger partial charge >= 0.3 is 0 Å². The van der Waals surface area contributed by atoms with Crippen LogP contribution in [-0.2, 0) is 11.3 Å². The maximum atomic E-state index is 11.8. The quantitative estimate of drug-likeness (QED) is 0.896. The summed E-state index contributed by atoms with van der Waals surface area (Å²) in [6, 6.07) is 10.2. The second-order valence-corrected chi connectivity index (χ2v) is 6.98. The summed E-state index contributed by atoms with van der Waals surface area (Å²) in [4.78, 5) is 24.8. The molecule has 0 atom stereocenters. The normalized spacial score (nSPS) is 17.6. The summed E-state index contributed by atoms with van der Waals surface area (Å²) in [6.07, 6.45) is 7.03. The molecule has 6 nitrogen and oxygen atoms in total. The highest BCUT2D eigenvalue weighted by Crippen LogP contribution is 2.22. The van der Waals surface area contributed by atoms with Crippen molar-refractivity contribution >= 4 is 23.2 Å². The van der Waals surface area contributed by atoms with E-state index in [-0.39, 0.29) is 5.91 Å². The minimum absolute atomic E-state index is 0.224. The highest BCUT2D eigenvalue weighted by Gasteiger charge is 2.21.